The number of aryl methyl sites for hydroxylation is 1. The molecule has 1 aliphatic heterocycles. The van der Waals surface area contributed by atoms with Crippen molar-refractivity contribution in [3.63, 3.8) is 0 Å². The van der Waals surface area contributed by atoms with Crippen molar-refractivity contribution in [3.05, 3.63) is 78.2 Å². The Labute approximate surface area is 182 Å². The summed E-state index contributed by atoms with van der Waals surface area (Å²) in [7, 11) is 0. The highest BCUT2D eigenvalue weighted by Gasteiger charge is 2.33. The van der Waals surface area contributed by atoms with Crippen LogP contribution in [0.5, 0.6) is 0 Å². The van der Waals surface area contributed by atoms with Crippen LogP contribution in [0.1, 0.15) is 50.3 Å². The van der Waals surface area contributed by atoms with Gasteiger partial charge in [0.25, 0.3) is 0 Å². The Morgan fingerprint density at radius 3 is 2.74 bits per heavy atom. The number of aromatic nitrogens is 5. The van der Waals surface area contributed by atoms with Crippen molar-refractivity contribution in [1.29, 1.82) is 0 Å². The summed E-state index contributed by atoms with van der Waals surface area (Å²) in [5, 5.41) is 4.44. The zero-order valence-electron chi connectivity index (χ0n) is 18.6. The molecule has 1 fully saturated rings. The molecule has 1 atom stereocenters. The van der Waals surface area contributed by atoms with Gasteiger partial charge < -0.3 is 9.88 Å². The molecule has 0 amide bonds. The first kappa shape index (κ1) is 19.5. The third-order valence-corrected chi connectivity index (χ3v) is 5.99. The first-order valence-corrected chi connectivity index (χ1v) is 10.7. The van der Waals surface area contributed by atoms with Gasteiger partial charge in [-0.1, -0.05) is 39.0 Å². The highest BCUT2D eigenvalue weighted by molar-refractivity contribution is 5.77. The van der Waals surface area contributed by atoms with Crippen LogP contribution in [0.3, 0.4) is 0 Å². The average molecular weight is 413 g/mol. The number of aromatic amines is 1. The van der Waals surface area contributed by atoms with Crippen molar-refractivity contribution in [2.75, 3.05) is 11.4 Å². The minimum atomic E-state index is 0.0918. The lowest BCUT2D eigenvalue weighted by atomic mass is 9.87. The van der Waals surface area contributed by atoms with Gasteiger partial charge in [-0.2, -0.15) is 5.10 Å². The van der Waals surface area contributed by atoms with E-state index in [0.717, 1.165) is 46.9 Å². The number of imidazole rings is 1. The molecule has 1 saturated heterocycles. The maximum absolute atomic E-state index is 4.97. The molecule has 0 unspecified atom stereocenters. The summed E-state index contributed by atoms with van der Waals surface area (Å²) in [6.07, 6.45) is 6.50. The average Bonchev–Trinajstić information content (AvgIpc) is 3.45. The largest absolute Gasteiger partial charge is 0.355 e. The molecule has 0 spiro atoms. The van der Waals surface area contributed by atoms with Crippen molar-refractivity contribution in [2.45, 2.75) is 45.6 Å². The highest BCUT2D eigenvalue weighted by atomic mass is 15.3. The van der Waals surface area contributed by atoms with Crippen LogP contribution in [0, 0.1) is 6.92 Å². The van der Waals surface area contributed by atoms with Gasteiger partial charge in [0, 0.05) is 24.6 Å². The maximum Gasteiger partial charge on any atom is 0.130 e. The van der Waals surface area contributed by atoms with Crippen LogP contribution in [-0.2, 0) is 5.41 Å². The number of fused-ring (bicyclic) bond motifs is 1. The SMILES string of the molecule is C=C1C[C@@H](c2nc3ccc(C(C)(C)C)cc3[nH]2)N(c2cc(C)ncc2-n2cccn2)C1. The molecule has 4 heterocycles. The lowest BCUT2D eigenvalue weighted by Crippen LogP contribution is -2.25. The molecule has 5 rings (SSSR count). The first-order chi connectivity index (χ1) is 14.8. The molecule has 1 aromatic carbocycles. The topological polar surface area (TPSA) is 62.6 Å². The van der Waals surface area contributed by atoms with Crippen molar-refractivity contribution < 1.29 is 0 Å². The second-order valence-electron chi connectivity index (χ2n) is 9.47. The lowest BCUT2D eigenvalue weighted by Gasteiger charge is -2.27. The summed E-state index contributed by atoms with van der Waals surface area (Å²) in [6, 6.07) is 10.7. The van der Waals surface area contributed by atoms with Crippen LogP contribution in [0.15, 0.2) is 61.1 Å². The molecule has 3 aromatic heterocycles. The Morgan fingerprint density at radius 1 is 1.16 bits per heavy atom. The maximum atomic E-state index is 4.97. The van der Waals surface area contributed by atoms with Gasteiger partial charge in [-0.3, -0.25) is 4.98 Å². The number of anilines is 1. The summed E-state index contributed by atoms with van der Waals surface area (Å²) < 4.78 is 1.87. The molecule has 6 nitrogen and oxygen atoms in total. The predicted molar refractivity (Wildman–Crippen MR) is 125 cm³/mol. The fourth-order valence-corrected chi connectivity index (χ4v) is 4.31. The number of pyridine rings is 1. The van der Waals surface area contributed by atoms with E-state index < -0.39 is 0 Å². The fourth-order valence-electron chi connectivity index (χ4n) is 4.31. The second kappa shape index (κ2) is 7.08. The quantitative estimate of drug-likeness (QED) is 0.467. The molecule has 0 radical (unpaired) electrons. The van der Waals surface area contributed by atoms with E-state index in [-0.39, 0.29) is 11.5 Å². The molecule has 1 aliphatic rings. The number of nitrogens with zero attached hydrogens (tertiary/aromatic N) is 5. The minimum absolute atomic E-state index is 0.0918. The van der Waals surface area contributed by atoms with E-state index in [1.165, 1.54) is 11.1 Å². The number of H-pyrrole nitrogens is 1. The van der Waals surface area contributed by atoms with Gasteiger partial charge in [0.1, 0.15) is 11.5 Å². The zero-order chi connectivity index (χ0) is 21.8. The molecule has 0 aliphatic carbocycles. The van der Waals surface area contributed by atoms with Crippen LogP contribution >= 0.6 is 0 Å². The van der Waals surface area contributed by atoms with E-state index in [9.17, 15) is 0 Å². The summed E-state index contributed by atoms with van der Waals surface area (Å²) >= 11 is 0. The third kappa shape index (κ3) is 3.52. The molecule has 1 N–H and O–H groups in total. The number of benzene rings is 1. The van der Waals surface area contributed by atoms with E-state index in [0.29, 0.717) is 0 Å². The molecule has 4 aromatic rings. The molecule has 0 bridgehead atoms. The molecule has 31 heavy (non-hydrogen) atoms. The van der Waals surface area contributed by atoms with Gasteiger partial charge in [0.05, 0.1) is 29.0 Å². The van der Waals surface area contributed by atoms with E-state index in [4.69, 9.17) is 4.98 Å². The molecular weight excluding hydrogens is 384 g/mol. The smallest absolute Gasteiger partial charge is 0.130 e. The van der Waals surface area contributed by atoms with Crippen molar-refractivity contribution in [1.82, 2.24) is 24.7 Å². The standard InChI is InChI=1S/C25H28N6/c1-16-11-22(24-28-19-8-7-18(25(3,4)5)13-20(19)29-24)30(15-16)21-12-17(2)26-14-23(21)31-10-6-9-27-31/h6-10,12-14,22H,1,11,15H2,2-5H3,(H,28,29)/t22-/m0/s1. The van der Waals surface area contributed by atoms with Crippen LogP contribution in [0.2, 0.25) is 0 Å². The second-order valence-corrected chi connectivity index (χ2v) is 9.47. The third-order valence-electron chi connectivity index (χ3n) is 5.99. The monoisotopic (exact) mass is 412 g/mol. The van der Waals surface area contributed by atoms with Gasteiger partial charge in [-0.25, -0.2) is 9.67 Å². The molecule has 158 valence electrons. The minimum Gasteiger partial charge on any atom is -0.355 e. The summed E-state index contributed by atoms with van der Waals surface area (Å²) in [6.45, 7) is 13.8. The molecular formula is C25H28N6. The molecule has 0 saturated carbocycles. The fraction of sp³-hybridized carbons (Fsp3) is 0.320. The predicted octanol–water partition coefficient (Wildman–Crippen LogP) is 5.26. The van der Waals surface area contributed by atoms with Gasteiger partial charge in [-0.05, 0) is 48.6 Å². The number of rotatable bonds is 3. The van der Waals surface area contributed by atoms with Gasteiger partial charge in [0.15, 0.2) is 0 Å². The van der Waals surface area contributed by atoms with Gasteiger partial charge >= 0.3 is 0 Å². The highest BCUT2D eigenvalue weighted by Crippen LogP contribution is 2.40. The molecule has 6 heteroatoms. The Hall–Kier alpha value is -3.41. The van der Waals surface area contributed by atoms with Gasteiger partial charge in [0.2, 0.25) is 0 Å². The summed E-state index contributed by atoms with van der Waals surface area (Å²) in [5.74, 6) is 0.973. The van der Waals surface area contributed by atoms with E-state index in [1.807, 2.05) is 30.1 Å². The first-order valence-electron chi connectivity index (χ1n) is 10.7. The zero-order valence-corrected chi connectivity index (χ0v) is 18.6. The van der Waals surface area contributed by atoms with Crippen molar-refractivity contribution >= 4 is 16.7 Å². The summed E-state index contributed by atoms with van der Waals surface area (Å²) in [5.41, 5.74) is 7.70. The van der Waals surface area contributed by atoms with E-state index in [2.05, 4.69) is 71.6 Å². The Balaban J connectivity index is 1.59. The Bertz CT molecular complexity index is 1260. The van der Waals surface area contributed by atoms with Crippen LogP contribution < -0.4 is 4.90 Å². The number of hydrogen-bond donors (Lipinski definition) is 1. The Morgan fingerprint density at radius 2 is 2.00 bits per heavy atom. The van der Waals surface area contributed by atoms with Crippen molar-refractivity contribution in [2.24, 2.45) is 0 Å². The summed E-state index contributed by atoms with van der Waals surface area (Å²) in [4.78, 5) is 15.5. The van der Waals surface area contributed by atoms with E-state index >= 15 is 0 Å². The normalized spacial score (nSPS) is 17.1. The number of hydrogen-bond acceptors (Lipinski definition) is 4. The van der Waals surface area contributed by atoms with Crippen LogP contribution in [0.4, 0.5) is 5.69 Å². The van der Waals surface area contributed by atoms with Crippen LogP contribution in [-0.4, -0.2) is 31.3 Å². The van der Waals surface area contributed by atoms with Crippen LogP contribution in [0.25, 0.3) is 16.7 Å². The van der Waals surface area contributed by atoms with Crippen molar-refractivity contribution in [3.8, 4) is 5.69 Å². The lowest BCUT2D eigenvalue weighted by molar-refractivity contribution is 0.591. The van der Waals surface area contributed by atoms with E-state index in [1.54, 1.807) is 6.20 Å². The number of nitrogens with one attached hydrogen (secondary N) is 1. The van der Waals surface area contributed by atoms with Gasteiger partial charge in [-0.15, -0.1) is 0 Å². The Kier molecular flexibility index (Phi) is 4.46.